The maximum absolute atomic E-state index is 6.38. The number of piperazine rings is 1. The molecule has 208 valence electrons. The van der Waals surface area contributed by atoms with E-state index in [4.69, 9.17) is 33.2 Å². The van der Waals surface area contributed by atoms with Crippen molar-refractivity contribution in [3.8, 4) is 0 Å². The third kappa shape index (κ3) is 5.40. The second-order valence-corrected chi connectivity index (χ2v) is 13.4. The quantitative estimate of drug-likeness (QED) is 0.235. The number of aryl methyl sites for hydroxylation is 2. The van der Waals surface area contributed by atoms with E-state index >= 15 is 0 Å². The molecule has 4 aliphatic rings. The van der Waals surface area contributed by atoms with Crippen LogP contribution in [0.5, 0.6) is 0 Å². The van der Waals surface area contributed by atoms with Crippen molar-refractivity contribution in [2.24, 2.45) is 28.2 Å². The highest BCUT2D eigenvalue weighted by atomic mass is 35.5. The van der Waals surface area contributed by atoms with Crippen LogP contribution in [-0.2, 0) is 12.8 Å². The lowest BCUT2D eigenvalue weighted by Gasteiger charge is -2.61. The molecule has 0 spiro atoms. The van der Waals surface area contributed by atoms with Crippen molar-refractivity contribution >= 4 is 45.9 Å². The normalized spacial score (nSPS) is 28.4. The highest BCUT2D eigenvalue weighted by molar-refractivity contribution is 6.35. The summed E-state index contributed by atoms with van der Waals surface area (Å²) in [7, 11) is 0. The van der Waals surface area contributed by atoms with Crippen LogP contribution < -0.4 is 10.6 Å². The summed E-state index contributed by atoms with van der Waals surface area (Å²) in [4.78, 5) is 16.2. The van der Waals surface area contributed by atoms with Gasteiger partial charge in [-0.3, -0.25) is 0 Å². The zero-order valence-electron chi connectivity index (χ0n) is 23.4. The fourth-order valence-electron chi connectivity index (χ4n) is 7.13. The van der Waals surface area contributed by atoms with Gasteiger partial charge in [0.25, 0.3) is 0 Å². The summed E-state index contributed by atoms with van der Waals surface area (Å²) in [6, 6.07) is 12.9. The number of hydrogen-bond donors (Lipinski definition) is 3. The predicted octanol–water partition coefficient (Wildman–Crippen LogP) is 6.79. The van der Waals surface area contributed by atoms with Crippen LogP contribution in [0.15, 0.2) is 41.4 Å². The van der Waals surface area contributed by atoms with Crippen molar-refractivity contribution in [3.05, 3.63) is 57.8 Å². The molecule has 2 aromatic carbocycles. The van der Waals surface area contributed by atoms with Crippen molar-refractivity contribution in [1.82, 2.24) is 20.2 Å². The lowest BCUT2D eigenvalue weighted by molar-refractivity contribution is -0.108. The third-order valence-electron chi connectivity index (χ3n) is 9.70. The van der Waals surface area contributed by atoms with E-state index in [-0.39, 0.29) is 0 Å². The van der Waals surface area contributed by atoms with Gasteiger partial charge in [-0.2, -0.15) is 0 Å². The first-order chi connectivity index (χ1) is 18.7. The van der Waals surface area contributed by atoms with Crippen LogP contribution in [0.2, 0.25) is 10.0 Å². The molecule has 0 amide bonds. The zero-order chi connectivity index (χ0) is 27.3. The summed E-state index contributed by atoms with van der Waals surface area (Å²) in [5.74, 6) is 4.13. The number of benzene rings is 2. The number of rotatable bonds is 5. The molecule has 3 aliphatic carbocycles. The van der Waals surface area contributed by atoms with Gasteiger partial charge in [0.1, 0.15) is 5.82 Å². The summed E-state index contributed by atoms with van der Waals surface area (Å²) in [5.41, 5.74) is 4.57. The van der Waals surface area contributed by atoms with E-state index < -0.39 is 0 Å². The number of hydrogen-bond acceptors (Lipinski definition) is 3. The fourth-order valence-corrected chi connectivity index (χ4v) is 7.64. The Kier molecular flexibility index (Phi) is 7.32. The Hall–Kier alpha value is -2.28. The molecule has 3 aromatic rings. The Balaban J connectivity index is 1.21. The van der Waals surface area contributed by atoms with Crippen molar-refractivity contribution < 1.29 is 0 Å². The first-order valence-corrected chi connectivity index (χ1v) is 15.2. The van der Waals surface area contributed by atoms with Crippen LogP contribution in [0.4, 0.5) is 5.69 Å². The predicted molar refractivity (Wildman–Crippen MR) is 163 cm³/mol. The Bertz CT molecular complexity index is 1380. The van der Waals surface area contributed by atoms with Crippen LogP contribution in [-0.4, -0.2) is 52.5 Å². The smallest absolute Gasteiger partial charge is 0.198 e. The van der Waals surface area contributed by atoms with E-state index in [0.29, 0.717) is 33.5 Å². The number of aliphatic imine (C=N–C) groups is 1. The molecule has 1 aromatic heterocycles. The minimum absolute atomic E-state index is 0.372. The van der Waals surface area contributed by atoms with Crippen LogP contribution in [0.25, 0.3) is 11.0 Å². The lowest BCUT2D eigenvalue weighted by atomic mass is 9.45. The van der Waals surface area contributed by atoms with Gasteiger partial charge >= 0.3 is 0 Å². The van der Waals surface area contributed by atoms with Crippen LogP contribution in [0.1, 0.15) is 51.9 Å². The van der Waals surface area contributed by atoms with Crippen molar-refractivity contribution in [2.45, 2.75) is 65.5 Å². The SMILES string of the molecule is CC1CN(C(=NC2CC3CC(C2C)C3(C)C)Nc2ccc3nc(CCc4ccc(Cl)cc4Cl)[nH]c3c2)CCN1. The van der Waals surface area contributed by atoms with Gasteiger partial charge in [-0.15, -0.1) is 0 Å². The number of nitrogens with one attached hydrogen (secondary N) is 3. The minimum Gasteiger partial charge on any atom is -0.342 e. The van der Waals surface area contributed by atoms with Crippen molar-refractivity contribution in [3.63, 3.8) is 0 Å². The fraction of sp³-hybridized carbons (Fsp3) is 0.548. The van der Waals surface area contributed by atoms with Gasteiger partial charge in [0.05, 0.1) is 17.1 Å². The number of nitrogens with zero attached hydrogens (tertiary/aromatic N) is 3. The topological polar surface area (TPSA) is 68.3 Å². The molecule has 4 fully saturated rings. The number of aromatic amines is 1. The maximum Gasteiger partial charge on any atom is 0.198 e. The van der Waals surface area contributed by atoms with Gasteiger partial charge in [0, 0.05) is 47.8 Å². The Morgan fingerprint density at radius 3 is 2.72 bits per heavy atom. The summed E-state index contributed by atoms with van der Waals surface area (Å²) in [6.45, 7) is 12.5. The molecule has 6 nitrogen and oxygen atoms in total. The van der Waals surface area contributed by atoms with Gasteiger partial charge in [-0.1, -0.05) is 50.0 Å². The molecule has 1 saturated heterocycles. The molecule has 0 radical (unpaired) electrons. The first kappa shape index (κ1) is 26.9. The monoisotopic (exact) mass is 566 g/mol. The molecule has 2 bridgehead atoms. The number of imidazole rings is 1. The average Bonchev–Trinajstić information content (AvgIpc) is 3.30. The summed E-state index contributed by atoms with van der Waals surface area (Å²) < 4.78 is 0. The molecule has 5 atom stereocenters. The largest absolute Gasteiger partial charge is 0.342 e. The lowest BCUT2D eigenvalue weighted by Crippen LogP contribution is -2.57. The molecule has 2 heterocycles. The van der Waals surface area contributed by atoms with Gasteiger partial charge in [-0.05, 0) is 85.3 Å². The summed E-state index contributed by atoms with van der Waals surface area (Å²) in [5, 5.41) is 8.66. The maximum atomic E-state index is 6.38. The first-order valence-electron chi connectivity index (χ1n) is 14.4. The van der Waals surface area contributed by atoms with E-state index in [2.05, 4.69) is 66.4 Å². The number of aromatic nitrogens is 2. The molecule has 3 N–H and O–H groups in total. The van der Waals surface area contributed by atoms with E-state index in [1.165, 1.54) is 12.8 Å². The van der Waals surface area contributed by atoms with Gasteiger partial charge in [0.15, 0.2) is 5.96 Å². The number of anilines is 1. The summed E-state index contributed by atoms with van der Waals surface area (Å²) >= 11 is 12.4. The van der Waals surface area contributed by atoms with E-state index in [1.54, 1.807) is 6.07 Å². The van der Waals surface area contributed by atoms with Crippen molar-refractivity contribution in [2.75, 3.05) is 25.0 Å². The molecule has 8 heteroatoms. The van der Waals surface area contributed by atoms with E-state index in [1.807, 2.05) is 12.1 Å². The van der Waals surface area contributed by atoms with Gasteiger partial charge in [0.2, 0.25) is 0 Å². The third-order valence-corrected chi connectivity index (χ3v) is 10.3. The minimum atomic E-state index is 0.372. The molecular formula is C31H40Cl2N6. The number of H-pyrrole nitrogens is 1. The Labute approximate surface area is 242 Å². The standard InChI is InChI=1S/C31H40Cl2N6/c1-18-17-39(12-11-34-18)30(38-27-14-21-13-24(19(27)2)31(21,3)4)35-23-8-9-26-28(16-23)37-29(36-26)10-6-20-5-7-22(32)15-25(20)33/h5,7-9,15-16,18-19,21,24,27,34H,6,10-14,17H2,1-4H3,(H,35,38)(H,36,37). The zero-order valence-corrected chi connectivity index (χ0v) is 24.9. The average molecular weight is 568 g/mol. The van der Waals surface area contributed by atoms with Gasteiger partial charge < -0.3 is 20.5 Å². The van der Waals surface area contributed by atoms with E-state index in [0.717, 1.165) is 78.4 Å². The second kappa shape index (κ2) is 10.6. The van der Waals surface area contributed by atoms with Crippen molar-refractivity contribution in [1.29, 1.82) is 0 Å². The second-order valence-electron chi connectivity index (χ2n) is 12.6. The molecule has 7 rings (SSSR count). The highest BCUT2D eigenvalue weighted by Crippen LogP contribution is 2.61. The summed E-state index contributed by atoms with van der Waals surface area (Å²) in [6.07, 6.45) is 4.15. The Morgan fingerprint density at radius 2 is 1.97 bits per heavy atom. The number of guanidine groups is 1. The molecule has 1 aliphatic heterocycles. The molecule has 3 saturated carbocycles. The highest BCUT2D eigenvalue weighted by Gasteiger charge is 2.56. The Morgan fingerprint density at radius 1 is 1.13 bits per heavy atom. The molecular weight excluding hydrogens is 527 g/mol. The van der Waals surface area contributed by atoms with Crippen LogP contribution >= 0.6 is 23.2 Å². The van der Waals surface area contributed by atoms with E-state index in [9.17, 15) is 0 Å². The number of fused-ring (bicyclic) bond motifs is 3. The van der Waals surface area contributed by atoms with Crippen LogP contribution in [0, 0.1) is 23.2 Å². The van der Waals surface area contributed by atoms with Gasteiger partial charge in [-0.25, -0.2) is 9.98 Å². The molecule has 5 unspecified atom stereocenters. The number of halogens is 2. The van der Waals surface area contributed by atoms with Crippen LogP contribution in [0.3, 0.4) is 0 Å². The molecule has 39 heavy (non-hydrogen) atoms.